The van der Waals surface area contributed by atoms with Crippen molar-refractivity contribution < 1.29 is 19.1 Å². The van der Waals surface area contributed by atoms with Gasteiger partial charge in [0.1, 0.15) is 5.75 Å². The van der Waals surface area contributed by atoms with E-state index < -0.39 is 11.8 Å². The first-order valence-electron chi connectivity index (χ1n) is 8.68. The summed E-state index contributed by atoms with van der Waals surface area (Å²) in [5.74, 6) is -1.41. The number of benzene rings is 2. The number of ether oxygens (including phenoxy) is 1. The Labute approximate surface area is 163 Å². The Kier molecular flexibility index (Phi) is 7.71. The summed E-state index contributed by atoms with van der Waals surface area (Å²) in [6.07, 6.45) is 1.37. The lowest BCUT2D eigenvalue weighted by Gasteiger charge is -2.08. The van der Waals surface area contributed by atoms with E-state index in [1.165, 1.54) is 6.21 Å². The second-order valence-corrected chi connectivity index (χ2v) is 5.84. The number of amides is 3. The molecule has 2 rings (SSSR count). The maximum absolute atomic E-state index is 12.0. The molecule has 0 saturated heterocycles. The standard InChI is InChI=1S/C20H22N4O4/c1-3-21-19(26)20(27)24-22-12-15-7-5-9-17(11-15)28-13-18(25)23-16-8-4-6-14(2)10-16/h4-12H,3,13H2,1-2H3,(H,21,26)(H,23,25)(H,24,27)/b22-12-. The van der Waals surface area contributed by atoms with Crippen LogP contribution in [0.15, 0.2) is 53.6 Å². The molecule has 0 spiro atoms. The summed E-state index contributed by atoms with van der Waals surface area (Å²) in [7, 11) is 0. The van der Waals surface area contributed by atoms with E-state index in [4.69, 9.17) is 4.74 Å². The number of nitrogens with zero attached hydrogens (tertiary/aromatic N) is 1. The first-order chi connectivity index (χ1) is 13.5. The Morgan fingerprint density at radius 1 is 1.07 bits per heavy atom. The predicted molar refractivity (Wildman–Crippen MR) is 106 cm³/mol. The summed E-state index contributed by atoms with van der Waals surface area (Å²) >= 11 is 0. The minimum atomic E-state index is -0.849. The van der Waals surface area contributed by atoms with Crippen LogP contribution in [-0.4, -0.2) is 37.1 Å². The molecule has 3 N–H and O–H groups in total. The molecule has 2 aromatic carbocycles. The quantitative estimate of drug-likeness (QED) is 0.384. The highest BCUT2D eigenvalue weighted by Crippen LogP contribution is 2.13. The van der Waals surface area contributed by atoms with E-state index in [0.717, 1.165) is 5.56 Å². The van der Waals surface area contributed by atoms with Gasteiger partial charge in [0.2, 0.25) is 0 Å². The van der Waals surface area contributed by atoms with E-state index in [0.29, 0.717) is 23.5 Å². The van der Waals surface area contributed by atoms with Gasteiger partial charge in [-0.3, -0.25) is 14.4 Å². The van der Waals surface area contributed by atoms with Gasteiger partial charge in [-0.2, -0.15) is 5.10 Å². The molecule has 0 heterocycles. The molecule has 0 atom stereocenters. The van der Waals surface area contributed by atoms with Crippen LogP contribution >= 0.6 is 0 Å². The van der Waals surface area contributed by atoms with Gasteiger partial charge >= 0.3 is 11.8 Å². The van der Waals surface area contributed by atoms with E-state index in [1.54, 1.807) is 37.3 Å². The Morgan fingerprint density at radius 2 is 1.86 bits per heavy atom. The van der Waals surface area contributed by atoms with Crippen molar-refractivity contribution in [3.05, 3.63) is 59.7 Å². The number of hydrogen-bond donors (Lipinski definition) is 3. The van der Waals surface area contributed by atoms with E-state index in [1.807, 2.05) is 25.1 Å². The molecule has 0 aromatic heterocycles. The molecule has 2 aromatic rings. The van der Waals surface area contributed by atoms with E-state index in [-0.39, 0.29) is 12.5 Å². The number of hydrogen-bond acceptors (Lipinski definition) is 5. The van der Waals surface area contributed by atoms with Crippen molar-refractivity contribution in [3.63, 3.8) is 0 Å². The number of likely N-dealkylation sites (N-methyl/N-ethyl adjacent to an activating group) is 1. The van der Waals surface area contributed by atoms with Crippen molar-refractivity contribution >= 4 is 29.6 Å². The lowest BCUT2D eigenvalue weighted by Crippen LogP contribution is -2.37. The first kappa shape index (κ1) is 20.6. The van der Waals surface area contributed by atoms with Crippen molar-refractivity contribution in [2.45, 2.75) is 13.8 Å². The highest BCUT2D eigenvalue weighted by atomic mass is 16.5. The number of nitrogens with one attached hydrogen (secondary N) is 3. The summed E-state index contributed by atoms with van der Waals surface area (Å²) in [4.78, 5) is 34.7. The molecular formula is C20H22N4O4. The fourth-order valence-corrected chi connectivity index (χ4v) is 2.21. The van der Waals surface area contributed by atoms with Crippen LogP contribution in [0.1, 0.15) is 18.1 Å². The zero-order chi connectivity index (χ0) is 20.4. The fraction of sp³-hybridized carbons (Fsp3) is 0.200. The molecule has 8 heteroatoms. The highest BCUT2D eigenvalue weighted by Gasteiger charge is 2.10. The van der Waals surface area contributed by atoms with Crippen molar-refractivity contribution in [1.82, 2.24) is 10.7 Å². The zero-order valence-corrected chi connectivity index (χ0v) is 15.7. The molecule has 3 amide bonds. The van der Waals surface area contributed by atoms with Crippen LogP contribution in [0.3, 0.4) is 0 Å². The molecule has 28 heavy (non-hydrogen) atoms. The van der Waals surface area contributed by atoms with Gasteiger partial charge in [-0.1, -0.05) is 24.3 Å². The second-order valence-electron chi connectivity index (χ2n) is 5.84. The van der Waals surface area contributed by atoms with Gasteiger partial charge in [-0.05, 0) is 49.2 Å². The molecule has 0 aliphatic heterocycles. The summed E-state index contributed by atoms with van der Waals surface area (Å²) in [5, 5.41) is 8.85. The van der Waals surface area contributed by atoms with Crippen LogP contribution in [-0.2, 0) is 14.4 Å². The van der Waals surface area contributed by atoms with Gasteiger partial charge in [0.05, 0.1) is 6.21 Å². The topological polar surface area (TPSA) is 109 Å². The molecule has 0 aliphatic rings. The van der Waals surface area contributed by atoms with Gasteiger partial charge < -0.3 is 15.4 Å². The minimum absolute atomic E-state index is 0.150. The van der Waals surface area contributed by atoms with Crippen molar-refractivity contribution in [2.24, 2.45) is 5.10 Å². The monoisotopic (exact) mass is 382 g/mol. The molecule has 8 nitrogen and oxygen atoms in total. The molecule has 0 bridgehead atoms. The Bertz CT molecular complexity index is 880. The zero-order valence-electron chi connectivity index (χ0n) is 15.7. The highest BCUT2D eigenvalue weighted by molar-refractivity contribution is 6.35. The smallest absolute Gasteiger partial charge is 0.329 e. The van der Waals surface area contributed by atoms with Crippen molar-refractivity contribution in [1.29, 1.82) is 0 Å². The van der Waals surface area contributed by atoms with E-state index in [2.05, 4.69) is 21.2 Å². The molecule has 0 unspecified atom stereocenters. The Morgan fingerprint density at radius 3 is 2.61 bits per heavy atom. The third-order valence-corrected chi connectivity index (χ3v) is 3.45. The first-order valence-corrected chi connectivity index (χ1v) is 8.68. The molecule has 0 radical (unpaired) electrons. The third kappa shape index (κ3) is 6.91. The number of hydrazone groups is 1. The molecule has 0 fully saturated rings. The van der Waals surface area contributed by atoms with Gasteiger partial charge in [0, 0.05) is 12.2 Å². The summed E-state index contributed by atoms with van der Waals surface area (Å²) < 4.78 is 5.48. The molecule has 146 valence electrons. The normalized spacial score (nSPS) is 10.4. The largest absolute Gasteiger partial charge is 0.484 e. The summed E-state index contributed by atoms with van der Waals surface area (Å²) in [5.41, 5.74) is 4.52. The van der Waals surface area contributed by atoms with Crippen LogP contribution in [0.4, 0.5) is 5.69 Å². The van der Waals surface area contributed by atoms with Crippen LogP contribution < -0.4 is 20.8 Å². The van der Waals surface area contributed by atoms with E-state index in [9.17, 15) is 14.4 Å². The molecular weight excluding hydrogens is 360 g/mol. The molecule has 0 aliphatic carbocycles. The number of anilines is 1. The average Bonchev–Trinajstić information content (AvgIpc) is 2.67. The molecule has 0 saturated carbocycles. The van der Waals surface area contributed by atoms with Gasteiger partial charge in [0.25, 0.3) is 5.91 Å². The predicted octanol–water partition coefficient (Wildman–Crippen LogP) is 1.60. The summed E-state index contributed by atoms with van der Waals surface area (Å²) in [6, 6.07) is 14.3. The van der Waals surface area contributed by atoms with E-state index >= 15 is 0 Å². The summed E-state index contributed by atoms with van der Waals surface area (Å²) in [6.45, 7) is 3.86. The van der Waals surface area contributed by atoms with Gasteiger partial charge in [-0.25, -0.2) is 5.43 Å². The average molecular weight is 382 g/mol. The second kappa shape index (κ2) is 10.5. The van der Waals surface area contributed by atoms with Gasteiger partial charge in [-0.15, -0.1) is 0 Å². The fourth-order valence-electron chi connectivity index (χ4n) is 2.21. The number of carbonyl (C=O) groups excluding carboxylic acids is 3. The van der Waals surface area contributed by atoms with Crippen LogP contribution in [0.5, 0.6) is 5.75 Å². The SMILES string of the molecule is CCNC(=O)C(=O)N/N=C\c1cccc(OCC(=O)Nc2cccc(C)c2)c1. The lowest BCUT2D eigenvalue weighted by molar-refractivity contribution is -0.139. The lowest BCUT2D eigenvalue weighted by atomic mass is 10.2. The van der Waals surface area contributed by atoms with Crippen molar-refractivity contribution in [3.8, 4) is 5.75 Å². The van der Waals surface area contributed by atoms with Crippen LogP contribution in [0, 0.1) is 6.92 Å². The van der Waals surface area contributed by atoms with Crippen LogP contribution in [0.2, 0.25) is 0 Å². The van der Waals surface area contributed by atoms with Gasteiger partial charge in [0.15, 0.2) is 6.61 Å². The Balaban J connectivity index is 1.85. The van der Waals surface area contributed by atoms with Crippen molar-refractivity contribution in [2.75, 3.05) is 18.5 Å². The third-order valence-electron chi connectivity index (χ3n) is 3.45. The van der Waals surface area contributed by atoms with Crippen LogP contribution in [0.25, 0.3) is 0 Å². The number of rotatable bonds is 7. The number of carbonyl (C=O) groups is 3. The maximum Gasteiger partial charge on any atom is 0.329 e. The minimum Gasteiger partial charge on any atom is -0.484 e. The Hall–Kier alpha value is -3.68. The number of aryl methyl sites for hydroxylation is 1. The maximum atomic E-state index is 12.0.